The van der Waals surface area contributed by atoms with Gasteiger partial charge in [-0.25, -0.2) is 9.59 Å². The predicted molar refractivity (Wildman–Crippen MR) is 78.9 cm³/mol. The van der Waals surface area contributed by atoms with Crippen molar-refractivity contribution in [3.05, 3.63) is 11.4 Å². The molecule has 1 rings (SSSR count). The van der Waals surface area contributed by atoms with Crippen LogP contribution in [0.15, 0.2) is 0 Å². The molecular weight excluding hydrogens is 355 g/mol. The van der Waals surface area contributed by atoms with Gasteiger partial charge in [-0.05, 0) is 27.7 Å². The highest BCUT2D eigenvalue weighted by Gasteiger charge is 2.42. The average Bonchev–Trinajstić information content (AvgIpc) is 2.74. The Balaban J connectivity index is 3.39. The van der Waals surface area contributed by atoms with E-state index in [-0.39, 0.29) is 6.54 Å². The van der Waals surface area contributed by atoms with Crippen molar-refractivity contribution in [2.45, 2.75) is 46.0 Å². The van der Waals surface area contributed by atoms with Crippen LogP contribution in [0.1, 0.15) is 43.9 Å². The van der Waals surface area contributed by atoms with Gasteiger partial charge in [-0.15, -0.1) is 0 Å². The molecule has 0 atom stereocenters. The van der Waals surface area contributed by atoms with Gasteiger partial charge < -0.3 is 9.47 Å². The Morgan fingerprint density at radius 3 is 2.29 bits per heavy atom. The highest BCUT2D eigenvalue weighted by Crippen LogP contribution is 2.36. The first-order valence-corrected chi connectivity index (χ1v) is 7.35. The fraction of sp³-hybridized carbons (Fsp3) is 0.615. The number of halogens is 4. The van der Waals surface area contributed by atoms with Crippen LogP contribution in [0.3, 0.4) is 0 Å². The quantitative estimate of drug-likeness (QED) is 0.645. The minimum Gasteiger partial charge on any atom is -0.445 e. The molecule has 1 N–H and O–H groups in total. The molecule has 1 amide bonds. The molecule has 0 fully saturated rings. The van der Waals surface area contributed by atoms with Crippen molar-refractivity contribution in [1.29, 1.82) is 0 Å². The topological polar surface area (TPSA) is 82.5 Å². The molecule has 0 aliphatic carbocycles. The molecule has 1 heterocycles. The summed E-state index contributed by atoms with van der Waals surface area (Å²) in [5.74, 6) is -1.15. The van der Waals surface area contributed by atoms with E-state index in [9.17, 15) is 22.8 Å². The smallest absolute Gasteiger partial charge is 0.437 e. The molecule has 11 heteroatoms. The summed E-state index contributed by atoms with van der Waals surface area (Å²) in [4.78, 5) is 23.7. The number of nitrogens with one attached hydrogen (secondary N) is 1. The number of aryl methyl sites for hydroxylation is 1. The van der Waals surface area contributed by atoms with Gasteiger partial charge in [-0.2, -0.15) is 18.3 Å². The second-order valence-electron chi connectivity index (χ2n) is 5.55. The van der Waals surface area contributed by atoms with E-state index >= 15 is 0 Å². The molecule has 7 nitrogen and oxygen atoms in total. The van der Waals surface area contributed by atoms with Crippen LogP contribution in [0.5, 0.6) is 0 Å². The van der Waals surface area contributed by atoms with Crippen LogP contribution in [0.4, 0.5) is 23.7 Å². The number of hydrogen-bond donors (Lipinski definition) is 1. The van der Waals surface area contributed by atoms with E-state index in [0.717, 1.165) is 4.68 Å². The summed E-state index contributed by atoms with van der Waals surface area (Å²) >= 11 is 5.28. The number of hydrogen-bond acceptors (Lipinski definition) is 5. The molecule has 0 saturated carbocycles. The molecule has 1 aromatic rings. The minimum atomic E-state index is -4.90. The Labute approximate surface area is 141 Å². The van der Waals surface area contributed by atoms with Crippen molar-refractivity contribution in [2.75, 3.05) is 11.4 Å². The molecule has 136 valence electrons. The maximum atomic E-state index is 13.2. The van der Waals surface area contributed by atoms with Crippen molar-refractivity contribution >= 4 is 29.4 Å². The van der Waals surface area contributed by atoms with Gasteiger partial charge in [0.1, 0.15) is 11.3 Å². The largest absolute Gasteiger partial charge is 0.445 e. The van der Waals surface area contributed by atoms with Crippen molar-refractivity contribution in [3.8, 4) is 0 Å². The summed E-state index contributed by atoms with van der Waals surface area (Å²) in [6, 6.07) is -0.568. The van der Waals surface area contributed by atoms with Crippen molar-refractivity contribution in [3.63, 3.8) is 0 Å². The zero-order chi connectivity index (χ0) is 18.7. The first-order chi connectivity index (χ1) is 10.9. The SMILES string of the molecule is CCn1nc(C(F)(F)F)c(NC(=O)OC(C)(C)C)c1C(=O)OCCl. The van der Waals surface area contributed by atoms with E-state index in [4.69, 9.17) is 16.3 Å². The van der Waals surface area contributed by atoms with Gasteiger partial charge in [-0.3, -0.25) is 10.00 Å². The zero-order valence-electron chi connectivity index (χ0n) is 13.5. The lowest BCUT2D eigenvalue weighted by Crippen LogP contribution is -2.28. The number of esters is 1. The number of carbonyl (C=O) groups excluding carboxylic acids is 2. The van der Waals surface area contributed by atoms with Crippen molar-refractivity contribution < 1.29 is 32.2 Å². The lowest BCUT2D eigenvalue weighted by molar-refractivity contribution is -0.140. The molecule has 0 aromatic carbocycles. The summed E-state index contributed by atoms with van der Waals surface area (Å²) in [5.41, 5.74) is -3.79. The standard InChI is InChI=1S/C13H17ClF3N3O4/c1-5-20-8(10(21)23-6-14)7(9(19-20)13(15,16)17)18-11(22)24-12(2,3)4/h5-6H2,1-4H3,(H,18,22). The lowest BCUT2D eigenvalue weighted by atomic mass is 10.2. The van der Waals surface area contributed by atoms with E-state index in [2.05, 4.69) is 9.84 Å². The maximum absolute atomic E-state index is 13.2. The number of anilines is 1. The first-order valence-electron chi connectivity index (χ1n) is 6.81. The number of rotatable bonds is 4. The van der Waals surface area contributed by atoms with Gasteiger partial charge in [0, 0.05) is 6.54 Å². The van der Waals surface area contributed by atoms with E-state index in [1.54, 1.807) is 0 Å². The molecule has 0 spiro atoms. The Morgan fingerprint density at radius 1 is 1.29 bits per heavy atom. The zero-order valence-corrected chi connectivity index (χ0v) is 14.2. The number of amides is 1. The van der Waals surface area contributed by atoms with Gasteiger partial charge in [-0.1, -0.05) is 11.6 Å². The summed E-state index contributed by atoms with van der Waals surface area (Å²) in [6.45, 7) is 6.02. The van der Waals surface area contributed by atoms with Crippen LogP contribution < -0.4 is 5.32 Å². The van der Waals surface area contributed by atoms with Crippen LogP contribution in [0.2, 0.25) is 0 Å². The van der Waals surface area contributed by atoms with E-state index < -0.39 is 47.0 Å². The second-order valence-corrected chi connectivity index (χ2v) is 5.77. The molecule has 24 heavy (non-hydrogen) atoms. The number of ether oxygens (including phenoxy) is 2. The highest BCUT2D eigenvalue weighted by atomic mass is 35.5. The van der Waals surface area contributed by atoms with E-state index in [1.807, 2.05) is 5.32 Å². The molecule has 0 saturated heterocycles. The number of aromatic nitrogens is 2. The third kappa shape index (κ3) is 5.02. The second kappa shape index (κ2) is 7.29. The summed E-state index contributed by atoms with van der Waals surface area (Å²) in [7, 11) is 0. The predicted octanol–water partition coefficient (Wildman–Crippen LogP) is 3.62. The Hall–Kier alpha value is -1.97. The normalized spacial score (nSPS) is 12.0. The van der Waals surface area contributed by atoms with Gasteiger partial charge in [0.05, 0.1) is 0 Å². The van der Waals surface area contributed by atoms with E-state index in [1.165, 1.54) is 27.7 Å². The van der Waals surface area contributed by atoms with Crippen LogP contribution in [-0.2, 0) is 22.2 Å². The van der Waals surface area contributed by atoms with Crippen LogP contribution >= 0.6 is 11.6 Å². The fourth-order valence-corrected chi connectivity index (χ4v) is 1.84. The average molecular weight is 372 g/mol. The number of alkyl halides is 4. The van der Waals surface area contributed by atoms with Crippen molar-refractivity contribution in [2.24, 2.45) is 0 Å². The lowest BCUT2D eigenvalue weighted by Gasteiger charge is -2.20. The van der Waals surface area contributed by atoms with Crippen molar-refractivity contribution in [1.82, 2.24) is 9.78 Å². The monoisotopic (exact) mass is 371 g/mol. The molecule has 0 unspecified atom stereocenters. The molecule has 0 aliphatic heterocycles. The highest BCUT2D eigenvalue weighted by molar-refractivity contribution is 6.18. The molecule has 1 aromatic heterocycles. The van der Waals surface area contributed by atoms with Gasteiger partial charge in [0.25, 0.3) is 0 Å². The van der Waals surface area contributed by atoms with Crippen LogP contribution in [-0.4, -0.2) is 33.5 Å². The molecule has 0 aliphatic rings. The van der Waals surface area contributed by atoms with Crippen LogP contribution in [0.25, 0.3) is 0 Å². The Bertz CT molecular complexity index is 623. The molecule has 0 bridgehead atoms. The molecular formula is C13H17ClF3N3O4. The fourth-order valence-electron chi connectivity index (χ4n) is 1.74. The summed E-state index contributed by atoms with van der Waals surface area (Å²) in [6.07, 6.45) is -6.07. The van der Waals surface area contributed by atoms with E-state index in [0.29, 0.717) is 0 Å². The van der Waals surface area contributed by atoms with Crippen LogP contribution in [0, 0.1) is 0 Å². The number of nitrogens with zero attached hydrogens (tertiary/aromatic N) is 2. The van der Waals surface area contributed by atoms with Gasteiger partial charge in [0.2, 0.25) is 0 Å². The van der Waals surface area contributed by atoms with Gasteiger partial charge in [0.15, 0.2) is 17.5 Å². The summed E-state index contributed by atoms with van der Waals surface area (Å²) < 4.78 is 49.7. The third-order valence-corrected chi connectivity index (χ3v) is 2.63. The van der Waals surface area contributed by atoms with Gasteiger partial charge >= 0.3 is 18.2 Å². The molecule has 0 radical (unpaired) electrons. The third-order valence-electron chi connectivity index (χ3n) is 2.53. The Morgan fingerprint density at radius 2 is 1.88 bits per heavy atom. The summed E-state index contributed by atoms with van der Waals surface area (Å²) in [5, 5.41) is 5.26. The Kier molecular flexibility index (Phi) is 6.09. The maximum Gasteiger partial charge on any atom is 0.437 e. The first kappa shape index (κ1) is 20.1. The number of carbonyl (C=O) groups is 2. The minimum absolute atomic E-state index is 0.0637.